The molecule has 21 heavy (non-hydrogen) atoms. The van der Waals surface area contributed by atoms with Crippen LogP contribution in [0.1, 0.15) is 37.8 Å². The minimum absolute atomic E-state index is 0.0656. The van der Waals surface area contributed by atoms with Gasteiger partial charge in [-0.1, -0.05) is 37.3 Å². The van der Waals surface area contributed by atoms with Crippen molar-refractivity contribution in [3.63, 3.8) is 0 Å². The number of nitrogens with two attached hydrogens (primary N) is 2. The highest BCUT2D eigenvalue weighted by atomic mass is 16.2. The first-order chi connectivity index (χ1) is 10.1. The fourth-order valence-corrected chi connectivity index (χ4v) is 2.99. The van der Waals surface area contributed by atoms with Gasteiger partial charge in [0.2, 0.25) is 5.91 Å². The number of piperidine rings is 1. The van der Waals surface area contributed by atoms with Crippen LogP contribution < -0.4 is 11.5 Å². The summed E-state index contributed by atoms with van der Waals surface area (Å²) in [5.41, 5.74) is 13.0. The zero-order chi connectivity index (χ0) is 15.2. The normalized spacial score (nSPS) is 23.9. The van der Waals surface area contributed by atoms with Crippen LogP contribution in [-0.4, -0.2) is 30.4 Å². The van der Waals surface area contributed by atoms with Crippen LogP contribution in [0.15, 0.2) is 30.3 Å². The Hall–Kier alpha value is -1.39. The van der Waals surface area contributed by atoms with Gasteiger partial charge in [0.1, 0.15) is 0 Å². The first-order valence-corrected chi connectivity index (χ1v) is 7.90. The van der Waals surface area contributed by atoms with Crippen molar-refractivity contribution in [2.45, 2.75) is 32.2 Å². The molecule has 1 aliphatic rings. The molecule has 1 amide bonds. The van der Waals surface area contributed by atoms with E-state index in [9.17, 15) is 4.79 Å². The summed E-state index contributed by atoms with van der Waals surface area (Å²) >= 11 is 0. The fraction of sp³-hybridized carbons (Fsp3) is 0.588. The van der Waals surface area contributed by atoms with E-state index in [0.29, 0.717) is 31.2 Å². The highest BCUT2D eigenvalue weighted by molar-refractivity contribution is 5.76. The number of amides is 1. The van der Waals surface area contributed by atoms with Crippen LogP contribution in [0.25, 0.3) is 0 Å². The molecule has 1 aromatic rings. The average Bonchev–Trinajstić information content (AvgIpc) is 2.53. The van der Waals surface area contributed by atoms with Crippen molar-refractivity contribution in [2.75, 3.05) is 19.6 Å². The van der Waals surface area contributed by atoms with E-state index in [0.717, 1.165) is 25.1 Å². The highest BCUT2D eigenvalue weighted by Gasteiger charge is 2.27. The molecule has 1 heterocycles. The lowest BCUT2D eigenvalue weighted by atomic mass is 9.87. The topological polar surface area (TPSA) is 72.3 Å². The molecule has 4 N–H and O–H groups in total. The minimum atomic E-state index is -0.0656. The van der Waals surface area contributed by atoms with Gasteiger partial charge in [0.05, 0.1) is 0 Å². The molecule has 2 rings (SSSR count). The zero-order valence-corrected chi connectivity index (χ0v) is 12.9. The molecule has 1 fully saturated rings. The fourth-order valence-electron chi connectivity index (χ4n) is 2.99. The standard InChI is InChI=1S/C17H27N3O/c1-13-9-10-20(12-15(13)11-18)17(21)8-7-16(19)14-5-3-2-4-6-14/h2-6,13,15-16H,7-12,18-19H2,1H3. The molecule has 1 saturated heterocycles. The van der Waals surface area contributed by atoms with E-state index < -0.39 is 0 Å². The SMILES string of the molecule is CC1CCN(C(=O)CCC(N)c2ccccc2)CC1CN. The Morgan fingerprint density at radius 3 is 2.76 bits per heavy atom. The molecule has 0 saturated carbocycles. The van der Waals surface area contributed by atoms with Crippen molar-refractivity contribution in [2.24, 2.45) is 23.3 Å². The number of hydrogen-bond acceptors (Lipinski definition) is 3. The van der Waals surface area contributed by atoms with Gasteiger partial charge in [-0.3, -0.25) is 4.79 Å². The van der Waals surface area contributed by atoms with Crippen molar-refractivity contribution in [1.29, 1.82) is 0 Å². The monoisotopic (exact) mass is 289 g/mol. The Kier molecular flexibility index (Phi) is 5.76. The Morgan fingerprint density at radius 2 is 2.10 bits per heavy atom. The van der Waals surface area contributed by atoms with Crippen molar-refractivity contribution in [3.05, 3.63) is 35.9 Å². The Balaban J connectivity index is 1.82. The molecule has 3 unspecified atom stereocenters. The third kappa shape index (κ3) is 4.29. The van der Waals surface area contributed by atoms with Crippen molar-refractivity contribution in [3.8, 4) is 0 Å². The van der Waals surface area contributed by atoms with Crippen LogP contribution in [0.4, 0.5) is 0 Å². The van der Waals surface area contributed by atoms with Crippen LogP contribution in [0.5, 0.6) is 0 Å². The van der Waals surface area contributed by atoms with E-state index in [1.165, 1.54) is 0 Å². The molecule has 1 aliphatic heterocycles. The van der Waals surface area contributed by atoms with Gasteiger partial charge in [-0.25, -0.2) is 0 Å². The number of likely N-dealkylation sites (tertiary alicyclic amines) is 1. The number of rotatable bonds is 5. The summed E-state index contributed by atoms with van der Waals surface area (Å²) in [6, 6.07) is 9.90. The van der Waals surface area contributed by atoms with Gasteiger partial charge in [0, 0.05) is 25.6 Å². The molecule has 0 aliphatic carbocycles. The van der Waals surface area contributed by atoms with Crippen LogP contribution >= 0.6 is 0 Å². The molecule has 4 heteroatoms. The van der Waals surface area contributed by atoms with Crippen molar-refractivity contribution < 1.29 is 4.79 Å². The molecule has 116 valence electrons. The third-order valence-electron chi connectivity index (χ3n) is 4.67. The van der Waals surface area contributed by atoms with E-state index in [-0.39, 0.29) is 11.9 Å². The van der Waals surface area contributed by atoms with E-state index in [4.69, 9.17) is 11.5 Å². The molecule has 0 spiro atoms. The maximum atomic E-state index is 12.3. The molecule has 0 bridgehead atoms. The molecule has 0 radical (unpaired) electrons. The summed E-state index contributed by atoms with van der Waals surface area (Å²) in [6.45, 7) is 4.55. The Labute approximate surface area is 127 Å². The summed E-state index contributed by atoms with van der Waals surface area (Å²) in [7, 11) is 0. The Morgan fingerprint density at radius 1 is 1.38 bits per heavy atom. The summed E-state index contributed by atoms with van der Waals surface area (Å²) in [5, 5.41) is 0. The lowest BCUT2D eigenvalue weighted by molar-refractivity contribution is -0.133. The van der Waals surface area contributed by atoms with Crippen molar-refractivity contribution >= 4 is 5.91 Å². The second kappa shape index (κ2) is 7.57. The largest absolute Gasteiger partial charge is 0.342 e. The first-order valence-electron chi connectivity index (χ1n) is 7.90. The lowest BCUT2D eigenvalue weighted by Crippen LogP contribution is -2.45. The predicted octanol–water partition coefficient (Wildman–Crippen LogP) is 1.91. The van der Waals surface area contributed by atoms with E-state index in [1.807, 2.05) is 35.2 Å². The summed E-state index contributed by atoms with van der Waals surface area (Å²) < 4.78 is 0. The van der Waals surface area contributed by atoms with Gasteiger partial charge in [0.25, 0.3) is 0 Å². The number of nitrogens with zero attached hydrogens (tertiary/aromatic N) is 1. The smallest absolute Gasteiger partial charge is 0.222 e. The van der Waals surface area contributed by atoms with E-state index in [1.54, 1.807) is 0 Å². The second-order valence-corrected chi connectivity index (χ2v) is 6.16. The summed E-state index contributed by atoms with van der Waals surface area (Å²) in [4.78, 5) is 14.3. The maximum absolute atomic E-state index is 12.3. The van der Waals surface area contributed by atoms with Crippen LogP contribution in [0.3, 0.4) is 0 Å². The van der Waals surface area contributed by atoms with Crippen LogP contribution in [-0.2, 0) is 4.79 Å². The van der Waals surface area contributed by atoms with Gasteiger partial charge < -0.3 is 16.4 Å². The summed E-state index contributed by atoms with van der Waals surface area (Å²) in [6.07, 6.45) is 2.27. The second-order valence-electron chi connectivity index (χ2n) is 6.16. The predicted molar refractivity (Wildman–Crippen MR) is 85.5 cm³/mol. The van der Waals surface area contributed by atoms with E-state index >= 15 is 0 Å². The molecular formula is C17H27N3O. The highest BCUT2D eigenvalue weighted by Crippen LogP contribution is 2.23. The van der Waals surface area contributed by atoms with Crippen LogP contribution in [0, 0.1) is 11.8 Å². The van der Waals surface area contributed by atoms with Crippen molar-refractivity contribution in [1.82, 2.24) is 4.90 Å². The van der Waals surface area contributed by atoms with Gasteiger partial charge >= 0.3 is 0 Å². The van der Waals surface area contributed by atoms with Gasteiger partial charge in [-0.15, -0.1) is 0 Å². The van der Waals surface area contributed by atoms with Crippen LogP contribution in [0.2, 0.25) is 0 Å². The molecule has 3 atom stereocenters. The van der Waals surface area contributed by atoms with Gasteiger partial charge in [-0.05, 0) is 36.8 Å². The summed E-state index contributed by atoms with van der Waals surface area (Å²) in [5.74, 6) is 1.27. The average molecular weight is 289 g/mol. The minimum Gasteiger partial charge on any atom is -0.342 e. The number of carbonyl (C=O) groups excluding carboxylic acids is 1. The van der Waals surface area contributed by atoms with Gasteiger partial charge in [-0.2, -0.15) is 0 Å². The lowest BCUT2D eigenvalue weighted by Gasteiger charge is -2.36. The maximum Gasteiger partial charge on any atom is 0.222 e. The first kappa shape index (κ1) is 16.0. The number of hydrogen-bond donors (Lipinski definition) is 2. The quantitative estimate of drug-likeness (QED) is 0.869. The molecule has 4 nitrogen and oxygen atoms in total. The van der Waals surface area contributed by atoms with Gasteiger partial charge in [0.15, 0.2) is 0 Å². The number of benzene rings is 1. The zero-order valence-electron chi connectivity index (χ0n) is 12.9. The number of carbonyl (C=O) groups is 1. The molecule has 1 aromatic carbocycles. The molecule has 0 aromatic heterocycles. The van der Waals surface area contributed by atoms with E-state index in [2.05, 4.69) is 6.92 Å². The Bertz CT molecular complexity index is 449. The third-order valence-corrected chi connectivity index (χ3v) is 4.67. The molecular weight excluding hydrogens is 262 g/mol.